The average Bonchev–Trinajstić information content (AvgIpc) is 2.67. The Morgan fingerprint density at radius 3 is 2.76 bits per heavy atom. The summed E-state index contributed by atoms with van der Waals surface area (Å²) in [6.45, 7) is 4.69. The molecular formula is C11H14N4OS. The summed E-state index contributed by atoms with van der Waals surface area (Å²) in [5.41, 5.74) is 6.88. The van der Waals surface area contributed by atoms with E-state index in [9.17, 15) is 4.79 Å². The molecular weight excluding hydrogens is 236 g/mol. The van der Waals surface area contributed by atoms with Gasteiger partial charge in [0, 0.05) is 18.0 Å². The molecule has 17 heavy (non-hydrogen) atoms. The number of thiazole rings is 1. The van der Waals surface area contributed by atoms with E-state index in [4.69, 9.17) is 5.73 Å². The first-order valence-corrected chi connectivity index (χ1v) is 6.24. The van der Waals surface area contributed by atoms with Crippen molar-refractivity contribution in [2.75, 3.05) is 5.73 Å². The molecule has 2 aromatic heterocycles. The van der Waals surface area contributed by atoms with Crippen molar-refractivity contribution in [3.8, 4) is 11.4 Å². The minimum absolute atomic E-state index is 0.0920. The van der Waals surface area contributed by atoms with E-state index in [-0.39, 0.29) is 5.56 Å². The molecule has 0 radical (unpaired) electrons. The zero-order chi connectivity index (χ0) is 12.4. The Morgan fingerprint density at radius 1 is 1.41 bits per heavy atom. The molecule has 0 amide bonds. The van der Waals surface area contributed by atoms with Crippen molar-refractivity contribution in [2.24, 2.45) is 5.92 Å². The van der Waals surface area contributed by atoms with Gasteiger partial charge in [0.2, 0.25) is 0 Å². The Bertz CT molecular complexity index is 573. The van der Waals surface area contributed by atoms with Crippen LogP contribution in [0.15, 0.2) is 22.3 Å². The largest absolute Gasteiger partial charge is 0.375 e. The van der Waals surface area contributed by atoms with Crippen LogP contribution in [0.4, 0.5) is 5.13 Å². The van der Waals surface area contributed by atoms with Gasteiger partial charge in [0.05, 0.1) is 0 Å². The highest BCUT2D eigenvalue weighted by Gasteiger charge is 2.07. The second-order valence-corrected chi connectivity index (χ2v) is 5.09. The zero-order valence-electron chi connectivity index (χ0n) is 9.75. The summed E-state index contributed by atoms with van der Waals surface area (Å²) in [5, 5.41) is 6.63. The van der Waals surface area contributed by atoms with Gasteiger partial charge in [0.15, 0.2) is 5.13 Å². The highest BCUT2D eigenvalue weighted by molar-refractivity contribution is 7.13. The van der Waals surface area contributed by atoms with E-state index in [2.05, 4.69) is 10.1 Å². The maximum absolute atomic E-state index is 11.6. The monoisotopic (exact) mass is 250 g/mol. The Hall–Kier alpha value is -1.69. The average molecular weight is 250 g/mol. The van der Waals surface area contributed by atoms with Crippen molar-refractivity contribution >= 4 is 16.5 Å². The summed E-state index contributed by atoms with van der Waals surface area (Å²) >= 11 is 1.36. The number of nitrogens with two attached hydrogens (primary N) is 1. The molecule has 0 unspecified atom stereocenters. The summed E-state index contributed by atoms with van der Waals surface area (Å²) in [5.74, 6) is 0.371. The van der Waals surface area contributed by atoms with Crippen LogP contribution >= 0.6 is 11.3 Å². The highest BCUT2D eigenvalue weighted by Crippen LogP contribution is 2.20. The van der Waals surface area contributed by atoms with Gasteiger partial charge < -0.3 is 5.73 Å². The number of anilines is 1. The van der Waals surface area contributed by atoms with Crippen molar-refractivity contribution in [3.63, 3.8) is 0 Å². The molecule has 0 atom stereocenters. The van der Waals surface area contributed by atoms with Gasteiger partial charge >= 0.3 is 0 Å². The lowest BCUT2D eigenvalue weighted by molar-refractivity contribution is 0.465. The van der Waals surface area contributed by atoms with Crippen molar-refractivity contribution in [3.05, 3.63) is 27.9 Å². The first-order valence-electron chi connectivity index (χ1n) is 5.36. The van der Waals surface area contributed by atoms with Gasteiger partial charge in [-0.05, 0) is 12.0 Å². The molecule has 2 N–H and O–H groups in total. The molecule has 2 heterocycles. The molecule has 0 aliphatic heterocycles. The lowest BCUT2D eigenvalue weighted by Crippen LogP contribution is -2.24. The second-order valence-electron chi connectivity index (χ2n) is 4.20. The van der Waals surface area contributed by atoms with E-state index in [1.807, 2.05) is 19.2 Å². The van der Waals surface area contributed by atoms with Crippen LogP contribution in [-0.4, -0.2) is 14.8 Å². The fraction of sp³-hybridized carbons (Fsp3) is 0.364. The van der Waals surface area contributed by atoms with Crippen molar-refractivity contribution in [2.45, 2.75) is 20.4 Å². The predicted molar refractivity (Wildman–Crippen MR) is 68.9 cm³/mol. The van der Waals surface area contributed by atoms with Crippen molar-refractivity contribution in [1.82, 2.24) is 14.8 Å². The van der Waals surface area contributed by atoms with Gasteiger partial charge in [0.1, 0.15) is 11.4 Å². The summed E-state index contributed by atoms with van der Waals surface area (Å²) in [7, 11) is 0. The van der Waals surface area contributed by atoms with E-state index >= 15 is 0 Å². The van der Waals surface area contributed by atoms with E-state index in [1.54, 1.807) is 6.07 Å². The molecule has 6 heteroatoms. The van der Waals surface area contributed by atoms with Gasteiger partial charge in [-0.2, -0.15) is 5.10 Å². The first-order chi connectivity index (χ1) is 8.06. The normalized spacial score (nSPS) is 11.0. The number of hydrogen-bond acceptors (Lipinski definition) is 5. The lowest BCUT2D eigenvalue weighted by Gasteiger charge is -2.07. The van der Waals surface area contributed by atoms with Crippen LogP contribution in [0.25, 0.3) is 11.4 Å². The van der Waals surface area contributed by atoms with Crippen LogP contribution in [0, 0.1) is 5.92 Å². The van der Waals surface area contributed by atoms with Crippen LogP contribution < -0.4 is 11.3 Å². The number of aromatic nitrogens is 3. The maximum Gasteiger partial charge on any atom is 0.266 e. The molecule has 5 nitrogen and oxygen atoms in total. The molecule has 0 saturated carbocycles. The molecule has 0 spiro atoms. The summed E-state index contributed by atoms with van der Waals surface area (Å²) in [6.07, 6.45) is 0. The molecule has 0 bridgehead atoms. The Balaban J connectivity index is 2.40. The van der Waals surface area contributed by atoms with Crippen LogP contribution in [0.2, 0.25) is 0 Å². The highest BCUT2D eigenvalue weighted by atomic mass is 32.1. The van der Waals surface area contributed by atoms with Crippen LogP contribution in [0.1, 0.15) is 13.8 Å². The molecule has 2 aromatic rings. The molecule has 0 saturated heterocycles. The molecule has 0 fully saturated rings. The number of rotatable bonds is 3. The van der Waals surface area contributed by atoms with Crippen LogP contribution in [0.5, 0.6) is 0 Å². The quantitative estimate of drug-likeness (QED) is 0.898. The molecule has 0 aliphatic rings. The Morgan fingerprint density at radius 2 is 2.18 bits per heavy atom. The number of nitrogens with zero attached hydrogens (tertiary/aromatic N) is 3. The smallest absolute Gasteiger partial charge is 0.266 e. The molecule has 0 aliphatic carbocycles. The maximum atomic E-state index is 11.6. The third kappa shape index (κ3) is 2.71. The Labute approximate surface area is 103 Å². The zero-order valence-corrected chi connectivity index (χ0v) is 10.6. The molecule has 90 valence electrons. The SMILES string of the molecule is CC(C)Cn1nc(-c2csc(N)n2)ccc1=O. The number of nitrogen functional groups attached to an aromatic ring is 1. The van der Waals surface area contributed by atoms with Gasteiger partial charge in [-0.3, -0.25) is 4.79 Å². The predicted octanol–water partition coefficient (Wildman–Crippen LogP) is 1.60. The third-order valence-corrected chi connectivity index (χ3v) is 2.86. The second kappa shape index (κ2) is 4.67. The summed E-state index contributed by atoms with van der Waals surface area (Å²) in [4.78, 5) is 15.8. The van der Waals surface area contributed by atoms with E-state index in [0.29, 0.717) is 29.0 Å². The third-order valence-electron chi connectivity index (χ3n) is 2.19. The topological polar surface area (TPSA) is 73.8 Å². The lowest BCUT2D eigenvalue weighted by atomic mass is 10.2. The first kappa shape index (κ1) is 11.8. The van der Waals surface area contributed by atoms with E-state index < -0.39 is 0 Å². The van der Waals surface area contributed by atoms with Crippen molar-refractivity contribution in [1.29, 1.82) is 0 Å². The standard InChI is InChI=1S/C11H14N4OS/c1-7(2)5-15-10(16)4-3-8(14-15)9-6-17-11(12)13-9/h3-4,6-7H,5H2,1-2H3,(H2,12,13). The minimum atomic E-state index is -0.0920. The van der Waals surface area contributed by atoms with E-state index in [0.717, 1.165) is 0 Å². The van der Waals surface area contributed by atoms with Gasteiger partial charge in [-0.15, -0.1) is 11.3 Å². The Kier molecular flexibility index (Phi) is 3.23. The molecule has 0 aromatic carbocycles. The van der Waals surface area contributed by atoms with Gasteiger partial charge in [-0.1, -0.05) is 13.8 Å². The fourth-order valence-corrected chi connectivity index (χ4v) is 2.02. The summed E-state index contributed by atoms with van der Waals surface area (Å²) in [6, 6.07) is 3.19. The van der Waals surface area contributed by atoms with Crippen molar-refractivity contribution < 1.29 is 0 Å². The fourth-order valence-electron chi connectivity index (χ4n) is 1.47. The van der Waals surface area contributed by atoms with Crippen LogP contribution in [-0.2, 0) is 6.54 Å². The van der Waals surface area contributed by atoms with Crippen LogP contribution in [0.3, 0.4) is 0 Å². The summed E-state index contributed by atoms with van der Waals surface area (Å²) < 4.78 is 1.47. The van der Waals surface area contributed by atoms with Gasteiger partial charge in [0.25, 0.3) is 5.56 Å². The van der Waals surface area contributed by atoms with Gasteiger partial charge in [-0.25, -0.2) is 9.67 Å². The van der Waals surface area contributed by atoms with E-state index in [1.165, 1.54) is 22.1 Å². The number of hydrogen-bond donors (Lipinski definition) is 1. The minimum Gasteiger partial charge on any atom is -0.375 e. The molecule has 2 rings (SSSR count).